The van der Waals surface area contributed by atoms with E-state index in [4.69, 9.17) is 10.7 Å². The monoisotopic (exact) mass is 313 g/mol. The highest BCUT2D eigenvalue weighted by molar-refractivity contribution is 8.13. The number of carbonyl (C=O) groups is 1. The lowest BCUT2D eigenvalue weighted by molar-refractivity contribution is 0.0761. The summed E-state index contributed by atoms with van der Waals surface area (Å²) in [4.78, 5) is 14.2. The third kappa shape index (κ3) is 3.22. The molecule has 108 valence electrons. The lowest BCUT2D eigenvalue weighted by Crippen LogP contribution is -2.33. The average Bonchev–Trinajstić information content (AvgIpc) is 3.18. The van der Waals surface area contributed by atoms with Gasteiger partial charge in [0, 0.05) is 28.8 Å². The predicted octanol–water partition coefficient (Wildman–Crippen LogP) is 2.71. The second kappa shape index (κ2) is 5.58. The van der Waals surface area contributed by atoms with Crippen LogP contribution in [0.4, 0.5) is 0 Å². The Kier molecular flexibility index (Phi) is 4.20. The zero-order valence-corrected chi connectivity index (χ0v) is 12.7. The number of aryl methyl sites for hydroxylation is 1. The quantitative estimate of drug-likeness (QED) is 0.620. The van der Waals surface area contributed by atoms with Crippen molar-refractivity contribution in [1.29, 1.82) is 0 Å². The molecule has 6 heteroatoms. The fourth-order valence-corrected chi connectivity index (χ4v) is 2.84. The fraction of sp³-hybridized carbons (Fsp3) is 0.357. The summed E-state index contributed by atoms with van der Waals surface area (Å²) in [6.07, 6.45) is 3.63. The number of hydrogen-bond acceptors (Lipinski definition) is 3. The minimum Gasteiger partial charge on any atom is -0.332 e. The fourth-order valence-electron chi connectivity index (χ4n) is 2.06. The van der Waals surface area contributed by atoms with Crippen LogP contribution >= 0.6 is 10.7 Å². The standard InChI is InChI=1S/C14H16ClNO3S/c1-3-8-16(11-5-6-11)14(17)13-9-12(20(15,18)19)7-4-10(13)2/h3-4,7,9,11H,1,5-6,8H2,2H3. The first kappa shape index (κ1) is 15.1. The van der Waals surface area contributed by atoms with Gasteiger partial charge in [0.15, 0.2) is 0 Å². The molecule has 4 nitrogen and oxygen atoms in total. The van der Waals surface area contributed by atoms with E-state index < -0.39 is 9.05 Å². The van der Waals surface area contributed by atoms with Crippen molar-refractivity contribution in [2.45, 2.75) is 30.7 Å². The summed E-state index contributed by atoms with van der Waals surface area (Å²) < 4.78 is 22.8. The van der Waals surface area contributed by atoms with E-state index >= 15 is 0 Å². The van der Waals surface area contributed by atoms with E-state index in [1.54, 1.807) is 24.0 Å². The van der Waals surface area contributed by atoms with Crippen molar-refractivity contribution < 1.29 is 13.2 Å². The normalized spacial score (nSPS) is 14.9. The molecule has 2 rings (SSSR count). The molecular weight excluding hydrogens is 298 g/mol. The Morgan fingerprint density at radius 3 is 2.65 bits per heavy atom. The van der Waals surface area contributed by atoms with Crippen LogP contribution in [0.2, 0.25) is 0 Å². The van der Waals surface area contributed by atoms with Crippen molar-refractivity contribution >= 4 is 25.6 Å². The molecule has 0 N–H and O–H groups in total. The lowest BCUT2D eigenvalue weighted by atomic mass is 10.1. The summed E-state index contributed by atoms with van der Waals surface area (Å²) in [5, 5.41) is 0. The van der Waals surface area contributed by atoms with Crippen LogP contribution in [-0.4, -0.2) is 31.8 Å². The molecule has 1 aliphatic carbocycles. The first-order valence-electron chi connectivity index (χ1n) is 6.31. The number of amides is 1. The van der Waals surface area contributed by atoms with E-state index in [0.29, 0.717) is 12.1 Å². The van der Waals surface area contributed by atoms with Gasteiger partial charge in [-0.25, -0.2) is 8.42 Å². The van der Waals surface area contributed by atoms with Crippen molar-refractivity contribution in [1.82, 2.24) is 4.90 Å². The Balaban J connectivity index is 2.40. The van der Waals surface area contributed by atoms with Crippen LogP contribution in [0.25, 0.3) is 0 Å². The van der Waals surface area contributed by atoms with Gasteiger partial charge in [-0.3, -0.25) is 4.79 Å². The molecule has 20 heavy (non-hydrogen) atoms. The minimum atomic E-state index is -3.84. The van der Waals surface area contributed by atoms with Crippen molar-refractivity contribution in [2.75, 3.05) is 6.54 Å². The molecule has 1 fully saturated rings. The van der Waals surface area contributed by atoms with Crippen LogP contribution in [0.5, 0.6) is 0 Å². The zero-order valence-electron chi connectivity index (χ0n) is 11.2. The summed E-state index contributed by atoms with van der Waals surface area (Å²) >= 11 is 0. The van der Waals surface area contributed by atoms with Crippen LogP contribution in [0.1, 0.15) is 28.8 Å². The molecule has 1 saturated carbocycles. The lowest BCUT2D eigenvalue weighted by Gasteiger charge is -2.21. The van der Waals surface area contributed by atoms with Gasteiger partial charge in [0.2, 0.25) is 0 Å². The molecule has 0 aromatic heterocycles. The number of halogens is 1. The number of hydrogen-bond donors (Lipinski definition) is 0. The van der Waals surface area contributed by atoms with Crippen molar-refractivity contribution in [3.63, 3.8) is 0 Å². The van der Waals surface area contributed by atoms with Gasteiger partial charge in [0.1, 0.15) is 0 Å². The third-order valence-electron chi connectivity index (χ3n) is 3.30. The molecule has 0 aliphatic heterocycles. The molecule has 0 atom stereocenters. The zero-order chi connectivity index (χ0) is 14.9. The smallest absolute Gasteiger partial charge is 0.261 e. The van der Waals surface area contributed by atoms with E-state index in [-0.39, 0.29) is 16.8 Å². The summed E-state index contributed by atoms with van der Waals surface area (Å²) in [6, 6.07) is 4.58. The third-order valence-corrected chi connectivity index (χ3v) is 4.65. The molecule has 1 aromatic rings. The average molecular weight is 314 g/mol. The van der Waals surface area contributed by atoms with E-state index in [2.05, 4.69) is 6.58 Å². The Hall–Kier alpha value is -1.33. The number of rotatable bonds is 5. The maximum absolute atomic E-state index is 12.6. The van der Waals surface area contributed by atoms with Gasteiger partial charge >= 0.3 is 0 Å². The molecule has 0 heterocycles. The molecule has 0 bridgehead atoms. The minimum absolute atomic E-state index is 0.0533. The van der Waals surface area contributed by atoms with E-state index in [9.17, 15) is 13.2 Å². The maximum atomic E-state index is 12.6. The van der Waals surface area contributed by atoms with Gasteiger partial charge in [-0.1, -0.05) is 12.1 Å². The van der Waals surface area contributed by atoms with Crippen molar-refractivity contribution in [3.05, 3.63) is 42.0 Å². The highest BCUT2D eigenvalue weighted by atomic mass is 35.7. The van der Waals surface area contributed by atoms with Gasteiger partial charge in [-0.2, -0.15) is 0 Å². The maximum Gasteiger partial charge on any atom is 0.261 e. The van der Waals surface area contributed by atoms with Crippen LogP contribution in [0.15, 0.2) is 35.7 Å². The van der Waals surface area contributed by atoms with Crippen LogP contribution in [-0.2, 0) is 9.05 Å². The van der Waals surface area contributed by atoms with E-state index in [1.807, 2.05) is 0 Å². The first-order chi connectivity index (χ1) is 9.34. The second-order valence-electron chi connectivity index (χ2n) is 4.89. The van der Waals surface area contributed by atoms with Crippen LogP contribution < -0.4 is 0 Å². The van der Waals surface area contributed by atoms with Gasteiger partial charge in [-0.05, 0) is 37.5 Å². The van der Waals surface area contributed by atoms with Crippen molar-refractivity contribution in [3.8, 4) is 0 Å². The van der Waals surface area contributed by atoms with E-state index in [1.165, 1.54) is 12.1 Å². The number of benzene rings is 1. The van der Waals surface area contributed by atoms with E-state index in [0.717, 1.165) is 18.4 Å². The van der Waals surface area contributed by atoms with Gasteiger partial charge < -0.3 is 4.90 Å². The molecule has 1 aliphatic rings. The Morgan fingerprint density at radius 2 is 2.15 bits per heavy atom. The Labute approximate surface area is 123 Å². The molecule has 0 spiro atoms. The Morgan fingerprint density at radius 1 is 1.50 bits per heavy atom. The molecule has 0 radical (unpaired) electrons. The second-order valence-corrected chi connectivity index (χ2v) is 7.46. The highest BCUT2D eigenvalue weighted by Gasteiger charge is 2.33. The molecule has 0 unspecified atom stereocenters. The highest BCUT2D eigenvalue weighted by Crippen LogP contribution is 2.29. The van der Waals surface area contributed by atoms with Gasteiger partial charge in [0.05, 0.1) is 4.90 Å². The van der Waals surface area contributed by atoms with Crippen LogP contribution in [0, 0.1) is 6.92 Å². The van der Waals surface area contributed by atoms with Gasteiger partial charge in [-0.15, -0.1) is 6.58 Å². The predicted molar refractivity (Wildman–Crippen MR) is 78.5 cm³/mol. The van der Waals surface area contributed by atoms with Gasteiger partial charge in [0.25, 0.3) is 15.0 Å². The largest absolute Gasteiger partial charge is 0.332 e. The number of nitrogens with zero attached hydrogens (tertiary/aromatic N) is 1. The SMILES string of the molecule is C=CCN(C(=O)c1cc(S(=O)(=O)Cl)ccc1C)C1CC1. The summed E-state index contributed by atoms with van der Waals surface area (Å²) in [6.45, 7) is 5.89. The van der Waals surface area contributed by atoms with Crippen LogP contribution in [0.3, 0.4) is 0 Å². The summed E-state index contributed by atoms with van der Waals surface area (Å²) in [5.74, 6) is -0.174. The topological polar surface area (TPSA) is 54.5 Å². The summed E-state index contributed by atoms with van der Waals surface area (Å²) in [7, 11) is 1.50. The molecule has 1 amide bonds. The summed E-state index contributed by atoms with van der Waals surface area (Å²) in [5.41, 5.74) is 1.11. The first-order valence-corrected chi connectivity index (χ1v) is 8.62. The molecule has 1 aromatic carbocycles. The molecule has 0 saturated heterocycles. The van der Waals surface area contributed by atoms with Crippen molar-refractivity contribution in [2.24, 2.45) is 0 Å². The number of carbonyl (C=O) groups excluding carboxylic acids is 1. The Bertz CT molecular complexity index is 650. The molecular formula is C14H16ClNO3S.